The summed E-state index contributed by atoms with van der Waals surface area (Å²) in [6, 6.07) is 10.6. The van der Waals surface area contributed by atoms with Crippen molar-refractivity contribution in [1.82, 2.24) is 0 Å². The van der Waals surface area contributed by atoms with Gasteiger partial charge in [0.25, 0.3) is 0 Å². The summed E-state index contributed by atoms with van der Waals surface area (Å²) in [6.07, 6.45) is 1.20. The minimum Gasteiger partial charge on any atom is -0.384 e. The molecular formula is C13H20O. The highest BCUT2D eigenvalue weighted by atomic mass is 16.5. The van der Waals surface area contributed by atoms with Crippen LogP contribution in [0, 0.1) is 5.92 Å². The van der Waals surface area contributed by atoms with Gasteiger partial charge in [0.15, 0.2) is 0 Å². The van der Waals surface area contributed by atoms with Gasteiger partial charge in [0, 0.05) is 13.0 Å². The summed E-state index contributed by atoms with van der Waals surface area (Å²) in [5, 5.41) is 0. The number of ether oxygens (including phenoxy) is 1. The lowest BCUT2D eigenvalue weighted by molar-refractivity contribution is 0.158. The summed E-state index contributed by atoms with van der Waals surface area (Å²) < 4.78 is 5.28. The summed E-state index contributed by atoms with van der Waals surface area (Å²) in [5.41, 5.74) is 1.39. The lowest BCUT2D eigenvalue weighted by atomic mass is 9.86. The smallest absolute Gasteiger partial charge is 0.0533 e. The van der Waals surface area contributed by atoms with Crippen LogP contribution in [0.2, 0.25) is 0 Å². The van der Waals surface area contributed by atoms with Crippen molar-refractivity contribution in [2.45, 2.75) is 26.2 Å². The van der Waals surface area contributed by atoms with Gasteiger partial charge in [-0.25, -0.2) is 0 Å². The van der Waals surface area contributed by atoms with E-state index in [9.17, 15) is 0 Å². The van der Waals surface area contributed by atoms with Crippen molar-refractivity contribution < 1.29 is 4.74 Å². The highest BCUT2D eigenvalue weighted by Gasteiger charge is 2.17. The monoisotopic (exact) mass is 192 g/mol. The molecule has 1 aromatic rings. The predicted octanol–water partition coefficient (Wildman–Crippen LogP) is 3.46. The molecule has 0 aliphatic carbocycles. The van der Waals surface area contributed by atoms with E-state index in [1.165, 1.54) is 12.0 Å². The fourth-order valence-corrected chi connectivity index (χ4v) is 1.75. The van der Waals surface area contributed by atoms with Crippen molar-refractivity contribution >= 4 is 0 Å². The third kappa shape index (κ3) is 2.85. The van der Waals surface area contributed by atoms with Gasteiger partial charge in [0.1, 0.15) is 0 Å². The summed E-state index contributed by atoms with van der Waals surface area (Å²) in [4.78, 5) is 0. The van der Waals surface area contributed by atoms with E-state index in [4.69, 9.17) is 4.74 Å². The van der Waals surface area contributed by atoms with Crippen molar-refractivity contribution in [2.24, 2.45) is 5.92 Å². The fraction of sp³-hybridized carbons (Fsp3) is 0.538. The van der Waals surface area contributed by atoms with Crippen LogP contribution in [0.1, 0.15) is 31.7 Å². The fourth-order valence-electron chi connectivity index (χ4n) is 1.75. The van der Waals surface area contributed by atoms with Gasteiger partial charge in [-0.2, -0.15) is 0 Å². The van der Waals surface area contributed by atoms with Crippen LogP contribution >= 0.6 is 0 Å². The van der Waals surface area contributed by atoms with Crippen LogP contribution in [0.3, 0.4) is 0 Å². The summed E-state index contributed by atoms with van der Waals surface area (Å²) >= 11 is 0. The summed E-state index contributed by atoms with van der Waals surface area (Å²) in [7, 11) is 1.78. The van der Waals surface area contributed by atoms with E-state index in [1.807, 2.05) is 0 Å². The second-order valence-corrected chi connectivity index (χ2v) is 3.86. The lowest BCUT2D eigenvalue weighted by Crippen LogP contribution is -2.14. The van der Waals surface area contributed by atoms with Crippen LogP contribution < -0.4 is 0 Å². The number of methoxy groups -OCH3 is 1. The Morgan fingerprint density at radius 3 is 2.36 bits per heavy atom. The van der Waals surface area contributed by atoms with Gasteiger partial charge in [-0.05, 0) is 11.5 Å². The molecule has 1 unspecified atom stereocenters. The third-order valence-corrected chi connectivity index (χ3v) is 2.90. The minimum atomic E-state index is 0.534. The Bertz CT molecular complexity index is 243. The highest BCUT2D eigenvalue weighted by Crippen LogP contribution is 2.26. The Labute approximate surface area is 87.1 Å². The first-order valence-corrected chi connectivity index (χ1v) is 5.33. The first-order chi connectivity index (χ1) is 6.79. The minimum absolute atomic E-state index is 0.534. The molecule has 0 bridgehead atoms. The molecule has 1 nitrogen and oxygen atoms in total. The molecule has 0 amide bonds. The molecule has 0 aromatic heterocycles. The van der Waals surface area contributed by atoms with Gasteiger partial charge in [-0.15, -0.1) is 0 Å². The van der Waals surface area contributed by atoms with E-state index >= 15 is 0 Å². The van der Waals surface area contributed by atoms with E-state index in [2.05, 4.69) is 44.2 Å². The summed E-state index contributed by atoms with van der Waals surface area (Å²) in [6.45, 7) is 5.34. The zero-order valence-electron chi connectivity index (χ0n) is 9.36. The van der Waals surface area contributed by atoms with Gasteiger partial charge in [0.05, 0.1) is 6.61 Å². The summed E-state index contributed by atoms with van der Waals surface area (Å²) in [5.74, 6) is 1.21. The molecule has 1 heteroatoms. The molecule has 0 radical (unpaired) electrons. The molecule has 1 rings (SSSR count). The topological polar surface area (TPSA) is 9.23 Å². The standard InChI is InChI=1S/C13H20O/c1-4-11(2)13(10-14-3)12-8-6-5-7-9-12/h5-9,11,13H,4,10H2,1-3H3/t11?,13-/m0/s1. The molecule has 0 N–H and O–H groups in total. The maximum atomic E-state index is 5.28. The second-order valence-electron chi connectivity index (χ2n) is 3.86. The van der Waals surface area contributed by atoms with Crippen molar-refractivity contribution in [1.29, 1.82) is 0 Å². The molecule has 0 aliphatic rings. The Morgan fingerprint density at radius 1 is 1.21 bits per heavy atom. The van der Waals surface area contributed by atoms with Crippen molar-refractivity contribution in [3.63, 3.8) is 0 Å². The highest BCUT2D eigenvalue weighted by molar-refractivity contribution is 5.20. The molecule has 2 atom stereocenters. The van der Waals surface area contributed by atoms with Crippen LogP contribution in [-0.2, 0) is 4.74 Å². The molecule has 1 aromatic carbocycles. The number of hydrogen-bond donors (Lipinski definition) is 0. The van der Waals surface area contributed by atoms with Crippen molar-refractivity contribution in [2.75, 3.05) is 13.7 Å². The predicted molar refractivity (Wildman–Crippen MR) is 60.5 cm³/mol. The molecule has 0 saturated heterocycles. The Morgan fingerprint density at radius 2 is 1.86 bits per heavy atom. The van der Waals surface area contributed by atoms with Crippen LogP contribution in [0.4, 0.5) is 0 Å². The average Bonchev–Trinajstić information content (AvgIpc) is 2.26. The maximum absolute atomic E-state index is 5.28. The van der Waals surface area contributed by atoms with E-state index in [-0.39, 0.29) is 0 Å². The maximum Gasteiger partial charge on any atom is 0.0533 e. The van der Waals surface area contributed by atoms with Crippen LogP contribution in [0.15, 0.2) is 30.3 Å². The van der Waals surface area contributed by atoms with Gasteiger partial charge < -0.3 is 4.74 Å². The average molecular weight is 192 g/mol. The van der Waals surface area contributed by atoms with Crippen LogP contribution in [0.25, 0.3) is 0 Å². The normalized spacial score (nSPS) is 15.1. The zero-order chi connectivity index (χ0) is 10.4. The van der Waals surface area contributed by atoms with E-state index in [0.717, 1.165) is 6.61 Å². The molecule has 78 valence electrons. The van der Waals surface area contributed by atoms with Gasteiger partial charge in [0.2, 0.25) is 0 Å². The Kier molecular flexibility index (Phi) is 4.68. The molecule has 0 fully saturated rings. The van der Waals surface area contributed by atoms with E-state index in [0.29, 0.717) is 11.8 Å². The van der Waals surface area contributed by atoms with Crippen molar-refractivity contribution in [3.05, 3.63) is 35.9 Å². The first kappa shape index (κ1) is 11.3. The Balaban J connectivity index is 2.77. The van der Waals surface area contributed by atoms with Crippen LogP contribution in [-0.4, -0.2) is 13.7 Å². The number of benzene rings is 1. The quantitative estimate of drug-likeness (QED) is 0.694. The zero-order valence-corrected chi connectivity index (χ0v) is 9.36. The molecule has 0 saturated carbocycles. The third-order valence-electron chi connectivity index (χ3n) is 2.90. The second kappa shape index (κ2) is 5.82. The van der Waals surface area contributed by atoms with Crippen molar-refractivity contribution in [3.8, 4) is 0 Å². The largest absolute Gasteiger partial charge is 0.384 e. The lowest BCUT2D eigenvalue weighted by Gasteiger charge is -2.22. The first-order valence-electron chi connectivity index (χ1n) is 5.33. The molecule has 0 spiro atoms. The van der Waals surface area contributed by atoms with Crippen LogP contribution in [0.5, 0.6) is 0 Å². The Hall–Kier alpha value is -0.820. The molecule has 14 heavy (non-hydrogen) atoms. The number of rotatable bonds is 5. The van der Waals surface area contributed by atoms with E-state index in [1.54, 1.807) is 7.11 Å². The SMILES string of the molecule is CCC(C)[C@H](COC)c1ccccc1. The number of hydrogen-bond acceptors (Lipinski definition) is 1. The van der Waals surface area contributed by atoms with E-state index < -0.39 is 0 Å². The molecule has 0 heterocycles. The molecule has 0 aliphatic heterocycles. The van der Waals surface area contributed by atoms with Gasteiger partial charge in [-0.1, -0.05) is 50.6 Å². The van der Waals surface area contributed by atoms with Gasteiger partial charge >= 0.3 is 0 Å². The van der Waals surface area contributed by atoms with Gasteiger partial charge in [-0.3, -0.25) is 0 Å². The molecular weight excluding hydrogens is 172 g/mol.